The quantitative estimate of drug-likeness (QED) is 0.337. The molecule has 0 saturated heterocycles. The molecule has 0 aliphatic rings. The van der Waals surface area contributed by atoms with Crippen molar-refractivity contribution < 1.29 is 9.13 Å². The fourth-order valence-electron chi connectivity index (χ4n) is 2.49. The summed E-state index contributed by atoms with van der Waals surface area (Å²) in [6.07, 6.45) is 1.57. The van der Waals surface area contributed by atoms with Gasteiger partial charge in [0, 0.05) is 11.3 Å². The Balaban J connectivity index is 1.55. The van der Waals surface area contributed by atoms with Crippen LogP contribution in [0.5, 0.6) is 5.75 Å². The summed E-state index contributed by atoms with van der Waals surface area (Å²) < 4.78 is 19.6. The monoisotopic (exact) mass is 418 g/mol. The Morgan fingerprint density at radius 3 is 2.70 bits per heavy atom. The number of hydrogen-bond donors (Lipinski definition) is 1. The van der Waals surface area contributed by atoms with E-state index in [0.29, 0.717) is 16.5 Å². The van der Waals surface area contributed by atoms with Gasteiger partial charge in [-0.1, -0.05) is 60.3 Å². The molecule has 2 N–H and O–H groups in total. The Labute approximate surface area is 178 Å². The van der Waals surface area contributed by atoms with E-state index in [-0.39, 0.29) is 12.2 Å². The summed E-state index contributed by atoms with van der Waals surface area (Å²) in [6.45, 7) is 0.0549. The minimum absolute atomic E-state index is 0.0549. The summed E-state index contributed by atoms with van der Waals surface area (Å²) in [7, 11) is 0. The van der Waals surface area contributed by atoms with Gasteiger partial charge in [0.15, 0.2) is 5.17 Å². The highest BCUT2D eigenvalue weighted by Gasteiger charge is 2.05. The zero-order valence-corrected chi connectivity index (χ0v) is 16.8. The van der Waals surface area contributed by atoms with Gasteiger partial charge in [-0.05, 0) is 35.4 Å². The molecule has 0 bridgehead atoms. The number of nitrogens with zero attached hydrogens (tertiary/aromatic N) is 3. The van der Waals surface area contributed by atoms with Crippen LogP contribution in [-0.2, 0) is 12.4 Å². The number of benzene rings is 3. The SMILES string of the molecule is N#Cc1ccc(COc2cccc(C=NN=C(N)SCc3ccccc3)c2)c(F)c1. The number of rotatable bonds is 7. The molecule has 0 amide bonds. The molecule has 0 heterocycles. The Morgan fingerprint density at radius 2 is 1.93 bits per heavy atom. The van der Waals surface area contributed by atoms with Crippen molar-refractivity contribution in [2.45, 2.75) is 12.4 Å². The molecule has 0 aliphatic heterocycles. The predicted octanol–water partition coefficient (Wildman–Crippen LogP) is 4.86. The number of nitrogens with two attached hydrogens (primary N) is 1. The lowest BCUT2D eigenvalue weighted by Crippen LogP contribution is -2.06. The number of thioether (sulfide) groups is 1. The number of nitriles is 1. The molecule has 0 radical (unpaired) electrons. The molecule has 0 aromatic heterocycles. The van der Waals surface area contributed by atoms with Crippen molar-refractivity contribution in [2.24, 2.45) is 15.9 Å². The molecule has 3 rings (SSSR count). The van der Waals surface area contributed by atoms with Crippen molar-refractivity contribution >= 4 is 23.1 Å². The lowest BCUT2D eigenvalue weighted by atomic mass is 10.1. The summed E-state index contributed by atoms with van der Waals surface area (Å²) in [5.74, 6) is 0.823. The molecular weight excluding hydrogens is 399 g/mol. The Morgan fingerprint density at radius 1 is 1.10 bits per heavy atom. The van der Waals surface area contributed by atoms with E-state index in [1.165, 1.54) is 17.8 Å². The molecule has 30 heavy (non-hydrogen) atoms. The molecule has 0 fully saturated rings. The first-order chi connectivity index (χ1) is 14.6. The van der Waals surface area contributed by atoms with Crippen molar-refractivity contribution in [1.82, 2.24) is 0 Å². The maximum absolute atomic E-state index is 14.0. The second-order valence-corrected chi connectivity index (χ2v) is 7.23. The van der Waals surface area contributed by atoms with Crippen molar-refractivity contribution in [3.63, 3.8) is 0 Å². The van der Waals surface area contributed by atoms with E-state index in [1.54, 1.807) is 30.5 Å². The third-order valence-corrected chi connectivity index (χ3v) is 4.88. The molecule has 5 nitrogen and oxygen atoms in total. The van der Waals surface area contributed by atoms with Gasteiger partial charge in [-0.25, -0.2) is 4.39 Å². The summed E-state index contributed by atoms with van der Waals surface area (Å²) in [4.78, 5) is 0. The first-order valence-corrected chi connectivity index (χ1v) is 10.1. The molecule has 0 spiro atoms. The van der Waals surface area contributed by atoms with Crippen molar-refractivity contribution in [3.8, 4) is 11.8 Å². The van der Waals surface area contributed by atoms with Gasteiger partial charge in [0.05, 0.1) is 17.8 Å². The zero-order valence-electron chi connectivity index (χ0n) is 16.0. The molecule has 0 atom stereocenters. The fourth-order valence-corrected chi connectivity index (χ4v) is 3.10. The summed E-state index contributed by atoms with van der Waals surface area (Å²) in [5, 5.41) is 17.2. The molecular formula is C23H19FN4OS. The van der Waals surface area contributed by atoms with Gasteiger partial charge >= 0.3 is 0 Å². The smallest absolute Gasteiger partial charge is 0.180 e. The lowest BCUT2D eigenvalue weighted by Gasteiger charge is -2.08. The van der Waals surface area contributed by atoms with Crippen LogP contribution in [0.15, 0.2) is 83.0 Å². The van der Waals surface area contributed by atoms with Crippen LogP contribution in [0.2, 0.25) is 0 Å². The Kier molecular flexibility index (Phi) is 7.58. The summed E-state index contributed by atoms with van der Waals surface area (Å²) in [5.41, 5.74) is 8.47. The lowest BCUT2D eigenvalue weighted by molar-refractivity contribution is 0.300. The van der Waals surface area contributed by atoms with Crippen LogP contribution in [0.4, 0.5) is 4.39 Å². The van der Waals surface area contributed by atoms with Crippen molar-refractivity contribution in [3.05, 3.63) is 101 Å². The largest absolute Gasteiger partial charge is 0.489 e. The van der Waals surface area contributed by atoms with E-state index >= 15 is 0 Å². The van der Waals surface area contributed by atoms with Crippen molar-refractivity contribution in [1.29, 1.82) is 5.26 Å². The van der Waals surface area contributed by atoms with Crippen LogP contribution < -0.4 is 10.5 Å². The van der Waals surface area contributed by atoms with E-state index < -0.39 is 5.82 Å². The van der Waals surface area contributed by atoms with Crippen molar-refractivity contribution in [2.75, 3.05) is 0 Å². The second-order valence-electron chi connectivity index (χ2n) is 6.24. The van der Waals surface area contributed by atoms with Crippen LogP contribution in [0, 0.1) is 17.1 Å². The first-order valence-electron chi connectivity index (χ1n) is 9.08. The van der Waals surface area contributed by atoms with E-state index in [9.17, 15) is 4.39 Å². The average Bonchev–Trinajstić information content (AvgIpc) is 2.78. The molecule has 0 aliphatic carbocycles. The highest BCUT2D eigenvalue weighted by atomic mass is 32.2. The number of hydrogen-bond acceptors (Lipinski definition) is 5. The average molecular weight is 418 g/mol. The molecule has 7 heteroatoms. The van der Waals surface area contributed by atoms with Gasteiger partial charge in [0.2, 0.25) is 0 Å². The number of halogens is 1. The molecule has 3 aromatic rings. The number of ether oxygens (including phenoxy) is 1. The van der Waals surface area contributed by atoms with Crippen LogP contribution in [-0.4, -0.2) is 11.4 Å². The van der Waals surface area contributed by atoms with E-state index in [1.807, 2.05) is 48.5 Å². The minimum atomic E-state index is -0.468. The van der Waals surface area contributed by atoms with E-state index in [4.69, 9.17) is 15.7 Å². The molecule has 0 saturated carbocycles. The Hall–Kier alpha value is -3.63. The van der Waals surface area contributed by atoms with Crippen LogP contribution in [0.25, 0.3) is 0 Å². The fraction of sp³-hybridized carbons (Fsp3) is 0.0870. The number of amidine groups is 1. The zero-order chi connectivity index (χ0) is 21.2. The normalized spacial score (nSPS) is 11.4. The summed E-state index contributed by atoms with van der Waals surface area (Å²) in [6, 6.07) is 23.4. The van der Waals surface area contributed by atoms with Crippen LogP contribution >= 0.6 is 11.8 Å². The molecule has 0 unspecified atom stereocenters. The van der Waals surface area contributed by atoms with E-state index in [0.717, 1.165) is 16.9 Å². The third kappa shape index (κ3) is 6.47. The third-order valence-electron chi connectivity index (χ3n) is 4.03. The standard InChI is InChI=1S/C23H19FN4OS/c24-22-12-18(13-25)9-10-20(22)15-29-21-8-4-7-19(11-21)14-27-28-23(26)30-16-17-5-2-1-3-6-17/h1-12,14H,15-16H2,(H2,26,28). The molecule has 3 aromatic carbocycles. The minimum Gasteiger partial charge on any atom is -0.489 e. The van der Waals surface area contributed by atoms with Gasteiger partial charge in [-0.15, -0.1) is 5.10 Å². The van der Waals surface area contributed by atoms with E-state index in [2.05, 4.69) is 10.2 Å². The predicted molar refractivity (Wildman–Crippen MR) is 119 cm³/mol. The molecule has 150 valence electrons. The van der Waals surface area contributed by atoms with Gasteiger partial charge in [0.1, 0.15) is 18.2 Å². The maximum Gasteiger partial charge on any atom is 0.180 e. The first kappa shape index (κ1) is 21.1. The van der Waals surface area contributed by atoms with Gasteiger partial charge in [0.25, 0.3) is 0 Å². The van der Waals surface area contributed by atoms with Gasteiger partial charge in [-0.3, -0.25) is 0 Å². The maximum atomic E-state index is 14.0. The Bertz CT molecular complexity index is 1090. The second kappa shape index (κ2) is 10.8. The van der Waals surface area contributed by atoms with Crippen LogP contribution in [0.1, 0.15) is 22.3 Å². The van der Waals surface area contributed by atoms with Gasteiger partial charge < -0.3 is 10.5 Å². The highest BCUT2D eigenvalue weighted by Crippen LogP contribution is 2.17. The van der Waals surface area contributed by atoms with Crippen LogP contribution in [0.3, 0.4) is 0 Å². The summed E-state index contributed by atoms with van der Waals surface area (Å²) >= 11 is 1.41. The van der Waals surface area contributed by atoms with Gasteiger partial charge in [-0.2, -0.15) is 10.4 Å². The highest BCUT2D eigenvalue weighted by molar-refractivity contribution is 8.13. The topological polar surface area (TPSA) is 83.8 Å².